The molecule has 0 aliphatic carbocycles. The van der Waals surface area contributed by atoms with Crippen LogP contribution in [-0.2, 0) is 0 Å². The fraction of sp³-hybridized carbons (Fsp3) is 0.692. The maximum absolute atomic E-state index is 5.76. The van der Waals surface area contributed by atoms with Gasteiger partial charge in [-0.3, -0.25) is 4.90 Å². The minimum absolute atomic E-state index is 0.258. The van der Waals surface area contributed by atoms with Gasteiger partial charge in [0.1, 0.15) is 11.6 Å². The third-order valence-corrected chi connectivity index (χ3v) is 4.36. The zero-order valence-corrected chi connectivity index (χ0v) is 11.9. The van der Waals surface area contributed by atoms with Crippen LogP contribution in [0, 0.1) is 0 Å². The van der Waals surface area contributed by atoms with Gasteiger partial charge in [0.25, 0.3) is 0 Å². The van der Waals surface area contributed by atoms with Crippen LogP contribution in [0.4, 0.5) is 17.6 Å². The van der Waals surface area contributed by atoms with Crippen LogP contribution < -0.4 is 21.9 Å². The van der Waals surface area contributed by atoms with Crippen LogP contribution >= 0.6 is 0 Å². The lowest BCUT2D eigenvalue weighted by Gasteiger charge is -2.48. The highest BCUT2D eigenvalue weighted by atomic mass is 15.3. The highest BCUT2D eigenvalue weighted by molar-refractivity contribution is 5.53. The number of hydrogen-bond acceptors (Lipinski definition) is 7. The van der Waals surface area contributed by atoms with Crippen LogP contribution in [0.2, 0.25) is 0 Å². The molecule has 2 atom stereocenters. The molecular formula is C13H23N7. The molecule has 0 saturated carbocycles. The summed E-state index contributed by atoms with van der Waals surface area (Å²) in [7, 11) is 0. The largest absolute Gasteiger partial charge is 0.368 e. The van der Waals surface area contributed by atoms with E-state index in [9.17, 15) is 0 Å². The molecule has 3 rings (SSSR count). The molecule has 7 nitrogen and oxygen atoms in total. The number of nitrogens with two attached hydrogens (primary N) is 2. The molecule has 2 fully saturated rings. The minimum Gasteiger partial charge on any atom is -0.368 e. The quantitative estimate of drug-likeness (QED) is 0.532. The number of nitrogen functional groups attached to an aromatic ring is 2. The minimum atomic E-state index is 0.258. The number of nitrogens with one attached hydrogen (secondary N) is 1. The Bertz CT molecular complexity index is 478. The lowest BCUT2D eigenvalue weighted by Crippen LogP contribution is -2.59. The van der Waals surface area contributed by atoms with E-state index in [0.29, 0.717) is 17.9 Å². The predicted octanol–water partition coefficient (Wildman–Crippen LogP) is 0.407. The highest BCUT2D eigenvalue weighted by Gasteiger charge is 2.33. The molecule has 0 radical (unpaired) electrons. The van der Waals surface area contributed by atoms with E-state index >= 15 is 0 Å². The van der Waals surface area contributed by atoms with Crippen molar-refractivity contribution in [3.05, 3.63) is 6.07 Å². The standard InChI is InChI=1S/C13H23N7/c1-9-7-19-5-3-2-4-10(19)8-20(9)12-6-11(18-15)16-13(14)17-12/h6,9-10H,2-5,7-8,15H2,1H3,(H3,14,16,17,18). The molecule has 3 heterocycles. The predicted molar refractivity (Wildman–Crippen MR) is 80.3 cm³/mol. The lowest BCUT2D eigenvalue weighted by atomic mass is 9.97. The first-order valence-corrected chi connectivity index (χ1v) is 7.29. The summed E-state index contributed by atoms with van der Waals surface area (Å²) in [6.45, 7) is 5.55. The molecule has 1 aromatic rings. The van der Waals surface area contributed by atoms with Gasteiger partial charge in [0, 0.05) is 31.2 Å². The molecule has 5 N–H and O–H groups in total. The Kier molecular flexibility index (Phi) is 3.62. The molecule has 7 heteroatoms. The number of fused-ring (bicyclic) bond motifs is 1. The third kappa shape index (κ3) is 2.51. The molecule has 0 aromatic carbocycles. The van der Waals surface area contributed by atoms with Crippen LogP contribution in [-0.4, -0.2) is 46.6 Å². The molecule has 1 aromatic heterocycles. The van der Waals surface area contributed by atoms with Gasteiger partial charge < -0.3 is 16.1 Å². The first kappa shape index (κ1) is 13.4. The van der Waals surface area contributed by atoms with Crippen molar-refractivity contribution in [1.29, 1.82) is 0 Å². The number of rotatable bonds is 2. The average Bonchev–Trinajstić information content (AvgIpc) is 2.45. The Morgan fingerprint density at radius 3 is 2.95 bits per heavy atom. The van der Waals surface area contributed by atoms with E-state index in [0.717, 1.165) is 18.9 Å². The fourth-order valence-electron chi connectivity index (χ4n) is 3.35. The van der Waals surface area contributed by atoms with Gasteiger partial charge in [-0.1, -0.05) is 6.42 Å². The number of aromatic nitrogens is 2. The summed E-state index contributed by atoms with van der Waals surface area (Å²) in [4.78, 5) is 13.4. The van der Waals surface area contributed by atoms with E-state index < -0.39 is 0 Å². The van der Waals surface area contributed by atoms with Gasteiger partial charge in [-0.2, -0.15) is 9.97 Å². The molecule has 2 unspecified atom stereocenters. The maximum Gasteiger partial charge on any atom is 0.223 e. The summed E-state index contributed by atoms with van der Waals surface area (Å²) in [5, 5.41) is 0. The average molecular weight is 277 g/mol. The Labute approximate surface area is 119 Å². The van der Waals surface area contributed by atoms with Crippen molar-refractivity contribution < 1.29 is 0 Å². The number of nitrogens with zero attached hydrogens (tertiary/aromatic N) is 4. The van der Waals surface area contributed by atoms with Crippen molar-refractivity contribution in [2.45, 2.75) is 38.3 Å². The van der Waals surface area contributed by atoms with Crippen molar-refractivity contribution in [2.75, 3.05) is 35.7 Å². The first-order chi connectivity index (χ1) is 9.67. The van der Waals surface area contributed by atoms with Crippen LogP contribution in [0.25, 0.3) is 0 Å². The number of anilines is 3. The summed E-state index contributed by atoms with van der Waals surface area (Å²) in [6, 6.07) is 2.92. The second-order valence-corrected chi connectivity index (χ2v) is 5.76. The molecule has 2 aliphatic heterocycles. The van der Waals surface area contributed by atoms with Crippen molar-refractivity contribution in [3.8, 4) is 0 Å². The van der Waals surface area contributed by atoms with Crippen molar-refractivity contribution in [1.82, 2.24) is 14.9 Å². The van der Waals surface area contributed by atoms with E-state index in [1.807, 2.05) is 6.07 Å². The summed E-state index contributed by atoms with van der Waals surface area (Å²) >= 11 is 0. The Morgan fingerprint density at radius 2 is 2.15 bits per heavy atom. The van der Waals surface area contributed by atoms with Gasteiger partial charge in [0.2, 0.25) is 5.95 Å². The monoisotopic (exact) mass is 277 g/mol. The summed E-state index contributed by atoms with van der Waals surface area (Å²) in [6.07, 6.45) is 3.92. The maximum atomic E-state index is 5.76. The summed E-state index contributed by atoms with van der Waals surface area (Å²) < 4.78 is 0. The molecule has 20 heavy (non-hydrogen) atoms. The third-order valence-electron chi connectivity index (χ3n) is 4.36. The van der Waals surface area contributed by atoms with E-state index in [1.165, 1.54) is 25.8 Å². The fourth-order valence-corrected chi connectivity index (χ4v) is 3.35. The molecule has 0 amide bonds. The van der Waals surface area contributed by atoms with Gasteiger partial charge in [0.05, 0.1) is 0 Å². The van der Waals surface area contributed by atoms with Crippen LogP contribution in [0.3, 0.4) is 0 Å². The first-order valence-electron chi connectivity index (χ1n) is 7.29. The Balaban J connectivity index is 1.83. The molecule has 0 spiro atoms. The number of piperidine rings is 1. The molecular weight excluding hydrogens is 254 g/mol. The van der Waals surface area contributed by atoms with Gasteiger partial charge in [0.15, 0.2) is 0 Å². The molecule has 110 valence electrons. The van der Waals surface area contributed by atoms with E-state index in [1.54, 1.807) is 0 Å². The summed E-state index contributed by atoms with van der Waals surface area (Å²) in [5.74, 6) is 7.12. The molecule has 2 saturated heterocycles. The lowest BCUT2D eigenvalue weighted by molar-refractivity contribution is 0.115. The number of hydrogen-bond donors (Lipinski definition) is 3. The van der Waals surface area contributed by atoms with E-state index in [-0.39, 0.29) is 5.95 Å². The zero-order valence-electron chi connectivity index (χ0n) is 11.9. The Morgan fingerprint density at radius 1 is 1.30 bits per heavy atom. The van der Waals surface area contributed by atoms with E-state index in [4.69, 9.17) is 11.6 Å². The van der Waals surface area contributed by atoms with Gasteiger partial charge in [-0.25, -0.2) is 5.84 Å². The van der Waals surface area contributed by atoms with Gasteiger partial charge in [-0.15, -0.1) is 0 Å². The molecule has 2 aliphatic rings. The second kappa shape index (κ2) is 5.41. The number of hydrazine groups is 1. The van der Waals surface area contributed by atoms with Gasteiger partial charge in [-0.05, 0) is 26.3 Å². The normalized spacial score (nSPS) is 27.2. The molecule has 0 bridgehead atoms. The van der Waals surface area contributed by atoms with Crippen LogP contribution in [0.5, 0.6) is 0 Å². The van der Waals surface area contributed by atoms with E-state index in [2.05, 4.69) is 32.1 Å². The SMILES string of the molecule is CC1CN2CCCCC2CN1c1cc(NN)nc(N)n1. The van der Waals surface area contributed by atoms with Gasteiger partial charge >= 0.3 is 0 Å². The Hall–Kier alpha value is -1.60. The van der Waals surface area contributed by atoms with Crippen LogP contribution in [0.1, 0.15) is 26.2 Å². The van der Waals surface area contributed by atoms with Crippen molar-refractivity contribution in [3.63, 3.8) is 0 Å². The topological polar surface area (TPSA) is 96.3 Å². The summed E-state index contributed by atoms with van der Waals surface area (Å²) in [5.41, 5.74) is 8.31. The van der Waals surface area contributed by atoms with Crippen LogP contribution in [0.15, 0.2) is 6.07 Å². The second-order valence-electron chi connectivity index (χ2n) is 5.76. The zero-order chi connectivity index (χ0) is 14.1. The van der Waals surface area contributed by atoms with Crippen molar-refractivity contribution >= 4 is 17.6 Å². The van der Waals surface area contributed by atoms with Crippen molar-refractivity contribution in [2.24, 2.45) is 5.84 Å². The highest BCUT2D eigenvalue weighted by Crippen LogP contribution is 2.28. The smallest absolute Gasteiger partial charge is 0.223 e. The number of piperazine rings is 1.